The maximum Gasteiger partial charge on any atom is 0.269 e. The van der Waals surface area contributed by atoms with Gasteiger partial charge in [-0.15, -0.1) is 0 Å². The molecule has 0 aliphatic carbocycles. The topological polar surface area (TPSA) is 87.3 Å². The van der Waals surface area contributed by atoms with Crippen molar-refractivity contribution in [1.29, 1.82) is 0 Å². The number of benzene rings is 2. The van der Waals surface area contributed by atoms with E-state index >= 15 is 0 Å². The standard InChI is InChI=1S/C18H18FN3O3/c1-2-12-3-5-14(6-4-12)18(25)22-21-16(23)11-20-17(24)13-7-9-15(19)10-8-13/h3-10H,2,11H2,1H3,(H,20,24)(H,21,23)(H,22,25). The Morgan fingerprint density at radius 3 is 2.00 bits per heavy atom. The first-order valence-electron chi connectivity index (χ1n) is 7.71. The van der Waals surface area contributed by atoms with Crippen LogP contribution in [-0.2, 0) is 11.2 Å². The summed E-state index contributed by atoms with van der Waals surface area (Å²) in [4.78, 5) is 35.3. The second-order valence-electron chi connectivity index (χ2n) is 5.24. The second kappa shape index (κ2) is 8.58. The Hall–Kier alpha value is -3.22. The van der Waals surface area contributed by atoms with E-state index in [0.29, 0.717) is 5.56 Å². The van der Waals surface area contributed by atoms with Gasteiger partial charge in [-0.1, -0.05) is 19.1 Å². The van der Waals surface area contributed by atoms with Crippen LogP contribution in [0.2, 0.25) is 0 Å². The summed E-state index contributed by atoms with van der Waals surface area (Å²) < 4.78 is 12.8. The molecule has 2 aromatic carbocycles. The molecule has 25 heavy (non-hydrogen) atoms. The Morgan fingerprint density at radius 2 is 1.40 bits per heavy atom. The lowest BCUT2D eigenvalue weighted by atomic mass is 10.1. The van der Waals surface area contributed by atoms with E-state index in [0.717, 1.165) is 24.1 Å². The molecule has 0 radical (unpaired) electrons. The number of aryl methyl sites for hydroxylation is 1. The minimum atomic E-state index is -0.589. The lowest BCUT2D eigenvalue weighted by Crippen LogP contribution is -2.46. The van der Waals surface area contributed by atoms with E-state index < -0.39 is 23.5 Å². The molecular weight excluding hydrogens is 325 g/mol. The zero-order chi connectivity index (χ0) is 18.2. The molecule has 2 aromatic rings. The molecule has 0 aliphatic heterocycles. The highest BCUT2D eigenvalue weighted by atomic mass is 19.1. The maximum absolute atomic E-state index is 12.8. The summed E-state index contributed by atoms with van der Waals surface area (Å²) in [5, 5.41) is 2.37. The molecule has 0 spiro atoms. The van der Waals surface area contributed by atoms with Crippen molar-refractivity contribution in [2.75, 3.05) is 6.54 Å². The molecule has 3 amide bonds. The van der Waals surface area contributed by atoms with Crippen LogP contribution in [0.15, 0.2) is 48.5 Å². The average Bonchev–Trinajstić information content (AvgIpc) is 2.64. The fourth-order valence-corrected chi connectivity index (χ4v) is 2.00. The molecular formula is C18H18FN3O3. The van der Waals surface area contributed by atoms with Gasteiger partial charge in [0.15, 0.2) is 0 Å². The molecule has 0 fully saturated rings. The van der Waals surface area contributed by atoms with Gasteiger partial charge in [0, 0.05) is 11.1 Å². The molecule has 6 nitrogen and oxygen atoms in total. The number of hydrogen-bond acceptors (Lipinski definition) is 3. The van der Waals surface area contributed by atoms with Gasteiger partial charge in [-0.3, -0.25) is 25.2 Å². The van der Waals surface area contributed by atoms with Crippen molar-refractivity contribution in [3.05, 3.63) is 71.0 Å². The van der Waals surface area contributed by atoms with E-state index in [1.165, 1.54) is 12.1 Å². The molecule has 0 heterocycles. The molecule has 7 heteroatoms. The third-order valence-corrected chi connectivity index (χ3v) is 3.46. The summed E-state index contributed by atoms with van der Waals surface area (Å²) in [5.41, 5.74) is 6.22. The van der Waals surface area contributed by atoms with Crippen LogP contribution in [-0.4, -0.2) is 24.3 Å². The van der Waals surface area contributed by atoms with Crippen molar-refractivity contribution >= 4 is 17.7 Å². The van der Waals surface area contributed by atoms with Crippen LogP contribution in [0.3, 0.4) is 0 Å². The van der Waals surface area contributed by atoms with Crippen LogP contribution >= 0.6 is 0 Å². The van der Waals surface area contributed by atoms with Crippen molar-refractivity contribution in [2.45, 2.75) is 13.3 Å². The van der Waals surface area contributed by atoms with Gasteiger partial charge in [0.05, 0.1) is 6.54 Å². The number of carbonyl (C=O) groups is 3. The maximum atomic E-state index is 12.8. The lowest BCUT2D eigenvalue weighted by molar-refractivity contribution is -0.120. The number of hydrogen-bond donors (Lipinski definition) is 3. The first-order valence-corrected chi connectivity index (χ1v) is 7.71. The van der Waals surface area contributed by atoms with E-state index in [1.807, 2.05) is 19.1 Å². The number of nitrogens with one attached hydrogen (secondary N) is 3. The Balaban J connectivity index is 1.77. The van der Waals surface area contributed by atoms with Crippen LogP contribution in [0, 0.1) is 5.82 Å². The number of amides is 3. The van der Waals surface area contributed by atoms with Gasteiger partial charge >= 0.3 is 0 Å². The van der Waals surface area contributed by atoms with Gasteiger partial charge < -0.3 is 5.32 Å². The number of carbonyl (C=O) groups excluding carboxylic acids is 3. The fraction of sp³-hybridized carbons (Fsp3) is 0.167. The third kappa shape index (κ3) is 5.42. The monoisotopic (exact) mass is 343 g/mol. The van der Waals surface area contributed by atoms with Crippen molar-refractivity contribution < 1.29 is 18.8 Å². The van der Waals surface area contributed by atoms with Crippen molar-refractivity contribution in [3.8, 4) is 0 Å². The normalized spacial score (nSPS) is 10.0. The summed E-state index contributed by atoms with van der Waals surface area (Å²) >= 11 is 0. The summed E-state index contributed by atoms with van der Waals surface area (Å²) in [5.74, 6) is -2.02. The summed E-state index contributed by atoms with van der Waals surface area (Å²) in [6.07, 6.45) is 0.867. The molecule has 3 N–H and O–H groups in total. The first kappa shape index (κ1) is 18.1. The van der Waals surface area contributed by atoms with E-state index in [1.54, 1.807) is 12.1 Å². The largest absolute Gasteiger partial charge is 0.343 e. The van der Waals surface area contributed by atoms with Gasteiger partial charge in [-0.05, 0) is 48.4 Å². The summed E-state index contributed by atoms with van der Waals surface area (Å²) in [7, 11) is 0. The van der Waals surface area contributed by atoms with E-state index in [4.69, 9.17) is 0 Å². The Kier molecular flexibility index (Phi) is 6.22. The van der Waals surface area contributed by atoms with E-state index in [9.17, 15) is 18.8 Å². The number of hydrazine groups is 1. The average molecular weight is 343 g/mol. The fourth-order valence-electron chi connectivity index (χ4n) is 2.00. The molecule has 0 saturated heterocycles. The van der Waals surface area contributed by atoms with Crippen molar-refractivity contribution in [3.63, 3.8) is 0 Å². The Labute approximate surface area is 144 Å². The highest BCUT2D eigenvalue weighted by Crippen LogP contribution is 2.04. The highest BCUT2D eigenvalue weighted by Gasteiger charge is 2.10. The molecule has 0 aliphatic rings. The van der Waals surface area contributed by atoms with Crippen LogP contribution in [0.25, 0.3) is 0 Å². The SMILES string of the molecule is CCc1ccc(C(=O)NNC(=O)CNC(=O)c2ccc(F)cc2)cc1. The second-order valence-corrected chi connectivity index (χ2v) is 5.24. The Bertz CT molecular complexity index is 758. The minimum absolute atomic E-state index is 0.231. The van der Waals surface area contributed by atoms with Gasteiger partial charge in [0.25, 0.3) is 17.7 Å². The first-order chi connectivity index (χ1) is 12.0. The van der Waals surface area contributed by atoms with Gasteiger partial charge in [-0.2, -0.15) is 0 Å². The third-order valence-electron chi connectivity index (χ3n) is 3.46. The highest BCUT2D eigenvalue weighted by molar-refractivity contribution is 5.98. The smallest absolute Gasteiger partial charge is 0.269 e. The van der Waals surface area contributed by atoms with Crippen molar-refractivity contribution in [1.82, 2.24) is 16.2 Å². The van der Waals surface area contributed by atoms with Crippen molar-refractivity contribution in [2.24, 2.45) is 0 Å². The zero-order valence-corrected chi connectivity index (χ0v) is 13.6. The zero-order valence-electron chi connectivity index (χ0n) is 13.6. The molecule has 0 atom stereocenters. The summed E-state index contributed by atoms with van der Waals surface area (Å²) in [6, 6.07) is 11.9. The Morgan fingerprint density at radius 1 is 0.840 bits per heavy atom. The number of halogens is 1. The molecule has 0 saturated carbocycles. The molecule has 0 unspecified atom stereocenters. The summed E-state index contributed by atoms with van der Waals surface area (Å²) in [6.45, 7) is 1.68. The number of rotatable bonds is 5. The quantitative estimate of drug-likeness (QED) is 0.720. The van der Waals surface area contributed by atoms with Crippen LogP contribution < -0.4 is 16.2 Å². The molecule has 2 rings (SSSR count). The molecule has 0 bridgehead atoms. The van der Waals surface area contributed by atoms with Crippen LogP contribution in [0.1, 0.15) is 33.2 Å². The lowest BCUT2D eigenvalue weighted by Gasteiger charge is -2.09. The predicted molar refractivity (Wildman–Crippen MR) is 90.2 cm³/mol. The van der Waals surface area contributed by atoms with Crippen LogP contribution in [0.5, 0.6) is 0 Å². The molecule has 0 aromatic heterocycles. The van der Waals surface area contributed by atoms with Crippen LogP contribution in [0.4, 0.5) is 4.39 Å². The van der Waals surface area contributed by atoms with E-state index in [2.05, 4.69) is 16.2 Å². The molecule has 130 valence electrons. The van der Waals surface area contributed by atoms with Gasteiger partial charge in [-0.25, -0.2) is 4.39 Å². The van der Waals surface area contributed by atoms with E-state index in [-0.39, 0.29) is 12.1 Å². The van der Waals surface area contributed by atoms with Gasteiger partial charge in [0.1, 0.15) is 5.82 Å². The predicted octanol–water partition coefficient (Wildman–Crippen LogP) is 1.58. The minimum Gasteiger partial charge on any atom is -0.343 e. The van der Waals surface area contributed by atoms with Gasteiger partial charge in [0.2, 0.25) is 0 Å².